The number of carbonyl (C=O) groups excluding carboxylic acids is 1. The predicted molar refractivity (Wildman–Crippen MR) is 108 cm³/mol. The highest BCUT2D eigenvalue weighted by Crippen LogP contribution is 2.18. The van der Waals surface area contributed by atoms with E-state index < -0.39 is 0 Å². The number of pyridine rings is 1. The number of rotatable bonds is 7. The van der Waals surface area contributed by atoms with Gasteiger partial charge in [-0.3, -0.25) is 4.79 Å². The Morgan fingerprint density at radius 1 is 1.15 bits per heavy atom. The van der Waals surface area contributed by atoms with Gasteiger partial charge in [0.05, 0.1) is 7.11 Å². The van der Waals surface area contributed by atoms with E-state index in [1.807, 2.05) is 24.3 Å². The zero-order valence-corrected chi connectivity index (χ0v) is 16.0. The number of aromatic nitrogens is 1. The average Bonchev–Trinajstić information content (AvgIpc) is 2.97. The smallest absolute Gasteiger partial charge is 0.251 e. The number of hydrogen-bond donors (Lipinski definition) is 2. The van der Waals surface area contributed by atoms with Gasteiger partial charge in [-0.1, -0.05) is 37.8 Å². The summed E-state index contributed by atoms with van der Waals surface area (Å²) in [5.74, 6) is 1.59. The van der Waals surface area contributed by atoms with Gasteiger partial charge in [0.1, 0.15) is 11.6 Å². The lowest BCUT2D eigenvalue weighted by atomic mass is 10.1. The molecule has 1 aliphatic rings. The molecule has 0 unspecified atom stereocenters. The zero-order chi connectivity index (χ0) is 18.9. The molecule has 3 rings (SSSR count). The van der Waals surface area contributed by atoms with Gasteiger partial charge in [-0.15, -0.1) is 0 Å². The Balaban J connectivity index is 1.52. The van der Waals surface area contributed by atoms with Crippen molar-refractivity contribution < 1.29 is 9.53 Å². The van der Waals surface area contributed by atoms with Crippen molar-refractivity contribution in [1.82, 2.24) is 10.3 Å². The number of benzene rings is 1. The van der Waals surface area contributed by atoms with E-state index >= 15 is 0 Å². The molecule has 2 N–H and O–H groups in total. The normalized spacial score (nSPS) is 15.0. The molecule has 0 aliphatic heterocycles. The summed E-state index contributed by atoms with van der Waals surface area (Å²) in [6.45, 7) is 0.744. The van der Waals surface area contributed by atoms with Gasteiger partial charge < -0.3 is 15.4 Å². The Bertz CT molecular complexity index is 740. The SMILES string of the molecule is COc1cccc(CCNc2cc(C(=O)NC3CCCCCC3)ccn2)c1. The third-order valence-electron chi connectivity index (χ3n) is 5.07. The highest BCUT2D eigenvalue weighted by Gasteiger charge is 2.16. The lowest BCUT2D eigenvalue weighted by Crippen LogP contribution is -2.34. The van der Waals surface area contributed by atoms with Crippen LogP contribution in [0.2, 0.25) is 0 Å². The van der Waals surface area contributed by atoms with E-state index in [9.17, 15) is 4.79 Å². The first-order chi connectivity index (χ1) is 13.2. The maximum absolute atomic E-state index is 12.6. The first-order valence-electron chi connectivity index (χ1n) is 9.88. The summed E-state index contributed by atoms with van der Waals surface area (Å²) in [7, 11) is 1.67. The molecule has 0 bridgehead atoms. The van der Waals surface area contributed by atoms with Gasteiger partial charge in [0.2, 0.25) is 0 Å². The van der Waals surface area contributed by atoms with Crippen molar-refractivity contribution >= 4 is 11.7 Å². The second-order valence-corrected chi connectivity index (χ2v) is 7.12. The number of amides is 1. The van der Waals surface area contributed by atoms with Gasteiger partial charge in [-0.25, -0.2) is 4.98 Å². The Morgan fingerprint density at radius 3 is 2.74 bits per heavy atom. The van der Waals surface area contributed by atoms with Crippen LogP contribution in [0.4, 0.5) is 5.82 Å². The third kappa shape index (κ3) is 5.98. The van der Waals surface area contributed by atoms with Crippen molar-refractivity contribution in [3.63, 3.8) is 0 Å². The fraction of sp³-hybridized carbons (Fsp3) is 0.455. The second-order valence-electron chi connectivity index (χ2n) is 7.12. The summed E-state index contributed by atoms with van der Waals surface area (Å²) in [5, 5.41) is 6.50. The topological polar surface area (TPSA) is 63.2 Å². The molecule has 144 valence electrons. The lowest BCUT2D eigenvalue weighted by molar-refractivity contribution is 0.0933. The van der Waals surface area contributed by atoms with Crippen molar-refractivity contribution in [1.29, 1.82) is 0 Å². The number of anilines is 1. The Hall–Kier alpha value is -2.56. The molecule has 2 aromatic rings. The molecule has 1 amide bonds. The monoisotopic (exact) mass is 367 g/mol. The highest BCUT2D eigenvalue weighted by molar-refractivity contribution is 5.95. The van der Waals surface area contributed by atoms with E-state index in [1.54, 1.807) is 19.4 Å². The quantitative estimate of drug-likeness (QED) is 0.720. The van der Waals surface area contributed by atoms with Crippen LogP contribution in [0.25, 0.3) is 0 Å². The molecular weight excluding hydrogens is 338 g/mol. The molecule has 1 aliphatic carbocycles. The summed E-state index contributed by atoms with van der Waals surface area (Å²) >= 11 is 0. The molecule has 1 saturated carbocycles. The van der Waals surface area contributed by atoms with Gasteiger partial charge in [0.15, 0.2) is 0 Å². The maximum Gasteiger partial charge on any atom is 0.251 e. The van der Waals surface area contributed by atoms with Crippen LogP contribution in [0.3, 0.4) is 0 Å². The van der Waals surface area contributed by atoms with Crippen LogP contribution in [0.5, 0.6) is 5.75 Å². The van der Waals surface area contributed by atoms with Crippen LogP contribution in [0, 0.1) is 0 Å². The highest BCUT2D eigenvalue weighted by atomic mass is 16.5. The number of methoxy groups -OCH3 is 1. The second kappa shape index (κ2) is 9.95. The van der Waals surface area contributed by atoms with Crippen molar-refractivity contribution in [3.8, 4) is 5.75 Å². The fourth-order valence-electron chi connectivity index (χ4n) is 3.52. The molecule has 0 spiro atoms. The lowest BCUT2D eigenvalue weighted by Gasteiger charge is -2.16. The number of hydrogen-bond acceptors (Lipinski definition) is 4. The van der Waals surface area contributed by atoms with E-state index in [1.165, 1.54) is 31.2 Å². The van der Waals surface area contributed by atoms with E-state index in [-0.39, 0.29) is 5.91 Å². The van der Waals surface area contributed by atoms with Crippen molar-refractivity contribution in [2.75, 3.05) is 19.0 Å². The van der Waals surface area contributed by atoms with E-state index in [0.29, 0.717) is 11.6 Å². The summed E-state index contributed by atoms with van der Waals surface area (Å²) in [5.41, 5.74) is 1.86. The van der Waals surface area contributed by atoms with E-state index in [2.05, 4.69) is 21.7 Å². The number of nitrogens with zero attached hydrogens (tertiary/aromatic N) is 1. The van der Waals surface area contributed by atoms with E-state index in [4.69, 9.17) is 4.74 Å². The van der Waals surface area contributed by atoms with Crippen LogP contribution in [-0.2, 0) is 6.42 Å². The first-order valence-corrected chi connectivity index (χ1v) is 9.88. The average molecular weight is 367 g/mol. The van der Waals surface area contributed by atoms with Crippen LogP contribution in [-0.4, -0.2) is 30.6 Å². The minimum atomic E-state index is 0.000135. The summed E-state index contributed by atoms with van der Waals surface area (Å²) < 4.78 is 5.25. The number of ether oxygens (including phenoxy) is 1. The molecule has 0 radical (unpaired) electrons. The number of nitrogens with one attached hydrogen (secondary N) is 2. The molecule has 1 aromatic heterocycles. The van der Waals surface area contributed by atoms with Crippen LogP contribution in [0.1, 0.15) is 54.4 Å². The largest absolute Gasteiger partial charge is 0.497 e. The molecular formula is C22H29N3O2. The van der Waals surface area contributed by atoms with Gasteiger partial charge in [-0.2, -0.15) is 0 Å². The molecule has 1 heterocycles. The summed E-state index contributed by atoms with van der Waals surface area (Å²) in [4.78, 5) is 16.9. The summed E-state index contributed by atoms with van der Waals surface area (Å²) in [6, 6.07) is 12.0. The predicted octanol–water partition coefficient (Wildman–Crippen LogP) is 4.20. The maximum atomic E-state index is 12.6. The van der Waals surface area contributed by atoms with Crippen LogP contribution >= 0.6 is 0 Å². The minimum absolute atomic E-state index is 0.000135. The Labute approximate surface area is 161 Å². The van der Waals surface area contributed by atoms with Gasteiger partial charge in [0.25, 0.3) is 5.91 Å². The molecule has 5 nitrogen and oxygen atoms in total. The first kappa shape index (κ1) is 19.2. The Morgan fingerprint density at radius 2 is 1.96 bits per heavy atom. The van der Waals surface area contributed by atoms with Crippen molar-refractivity contribution in [2.45, 2.75) is 51.0 Å². The fourth-order valence-corrected chi connectivity index (χ4v) is 3.52. The molecule has 0 saturated heterocycles. The van der Waals surface area contributed by atoms with Crippen LogP contribution in [0.15, 0.2) is 42.6 Å². The van der Waals surface area contributed by atoms with E-state index in [0.717, 1.165) is 37.4 Å². The van der Waals surface area contributed by atoms with Gasteiger partial charge in [0, 0.05) is 24.3 Å². The minimum Gasteiger partial charge on any atom is -0.497 e. The molecule has 0 atom stereocenters. The van der Waals surface area contributed by atoms with Crippen molar-refractivity contribution in [2.24, 2.45) is 0 Å². The van der Waals surface area contributed by atoms with Gasteiger partial charge >= 0.3 is 0 Å². The Kier molecular flexibility index (Phi) is 7.08. The standard InChI is InChI=1S/C22H29N3O2/c1-27-20-10-6-7-17(15-20)11-13-23-21-16-18(12-14-24-21)22(26)25-19-8-4-2-3-5-9-19/h6-7,10,12,14-16,19H,2-5,8-9,11,13H2,1H3,(H,23,24)(H,25,26). The van der Waals surface area contributed by atoms with Crippen molar-refractivity contribution in [3.05, 3.63) is 53.7 Å². The molecule has 5 heteroatoms. The molecule has 1 fully saturated rings. The number of carbonyl (C=O) groups is 1. The summed E-state index contributed by atoms with van der Waals surface area (Å²) in [6.07, 6.45) is 9.70. The van der Waals surface area contributed by atoms with Crippen LogP contribution < -0.4 is 15.4 Å². The molecule has 1 aromatic carbocycles. The third-order valence-corrected chi connectivity index (χ3v) is 5.07. The zero-order valence-electron chi connectivity index (χ0n) is 16.0. The van der Waals surface area contributed by atoms with Gasteiger partial charge in [-0.05, 0) is 49.1 Å². The molecule has 27 heavy (non-hydrogen) atoms.